The molecule has 5 heteroatoms. The second-order valence-electron chi connectivity index (χ2n) is 3.58. The maximum Gasteiger partial charge on any atom is 1.00 e. The van der Waals surface area contributed by atoms with E-state index < -0.39 is 11.9 Å². The maximum atomic E-state index is 11.7. The molecule has 0 unspecified atom stereocenters. The number of rotatable bonds is 6. The molecule has 0 aliphatic rings. The molecule has 1 aromatic rings. The summed E-state index contributed by atoms with van der Waals surface area (Å²) in [6, 6.07) is 9.27. The van der Waals surface area contributed by atoms with Gasteiger partial charge in [0.15, 0.2) is 11.9 Å². The summed E-state index contributed by atoms with van der Waals surface area (Å²) in [6.45, 7) is 3.86. The van der Waals surface area contributed by atoms with Crippen LogP contribution in [0.3, 0.4) is 0 Å². The Hall–Kier alpha value is -0.970. The van der Waals surface area contributed by atoms with Crippen LogP contribution in [0.15, 0.2) is 30.3 Å². The number of hydrogen-bond acceptors (Lipinski definition) is 4. The van der Waals surface area contributed by atoms with Crippen molar-refractivity contribution in [2.45, 2.75) is 20.3 Å². The van der Waals surface area contributed by atoms with E-state index in [2.05, 4.69) is 0 Å². The van der Waals surface area contributed by atoms with Gasteiger partial charge in [-0.1, -0.05) is 35.9 Å². The summed E-state index contributed by atoms with van der Waals surface area (Å²) in [4.78, 5) is 23.4. The first-order valence-electron chi connectivity index (χ1n) is 5.93. The molecule has 0 aliphatic heterocycles. The van der Waals surface area contributed by atoms with Crippen molar-refractivity contribution in [3.05, 3.63) is 41.8 Å². The van der Waals surface area contributed by atoms with Gasteiger partial charge < -0.3 is 9.47 Å². The number of benzene rings is 1. The van der Waals surface area contributed by atoms with E-state index in [1.165, 1.54) is 0 Å². The monoisotopic (exact) mass is 272 g/mol. The van der Waals surface area contributed by atoms with Gasteiger partial charge >= 0.3 is 29.6 Å². The van der Waals surface area contributed by atoms with Crippen LogP contribution >= 0.6 is 0 Å². The molecule has 0 N–H and O–H groups in total. The Morgan fingerprint density at radius 3 is 1.89 bits per heavy atom. The average molecular weight is 272 g/mol. The molecular weight excluding hydrogens is 255 g/mol. The molecule has 19 heavy (non-hydrogen) atoms. The van der Waals surface area contributed by atoms with Gasteiger partial charge in [0.1, 0.15) is 0 Å². The minimum absolute atomic E-state index is 0. The molecule has 0 amide bonds. The van der Waals surface area contributed by atoms with Crippen molar-refractivity contribution in [1.82, 2.24) is 0 Å². The topological polar surface area (TPSA) is 52.6 Å². The number of ether oxygens (including phenoxy) is 2. The third-order valence-electron chi connectivity index (χ3n) is 2.27. The van der Waals surface area contributed by atoms with Gasteiger partial charge in [0, 0.05) is 0 Å². The van der Waals surface area contributed by atoms with Gasteiger partial charge in [-0.15, -0.1) is 6.42 Å². The number of hydrogen-bond donors (Lipinski definition) is 0. The van der Waals surface area contributed by atoms with Gasteiger partial charge in [0.2, 0.25) is 0 Å². The van der Waals surface area contributed by atoms with E-state index in [1.807, 2.05) is 30.3 Å². The molecule has 0 atom stereocenters. The van der Waals surface area contributed by atoms with Crippen molar-refractivity contribution in [1.29, 1.82) is 0 Å². The Kier molecular flexibility index (Phi) is 9.39. The van der Waals surface area contributed by atoms with E-state index in [0.29, 0.717) is 0 Å². The average Bonchev–Trinajstić information content (AvgIpc) is 2.37. The van der Waals surface area contributed by atoms with Crippen LogP contribution in [0.2, 0.25) is 0 Å². The first kappa shape index (κ1) is 18.0. The van der Waals surface area contributed by atoms with E-state index in [1.54, 1.807) is 13.8 Å². The summed E-state index contributed by atoms with van der Waals surface area (Å²) < 4.78 is 9.73. The minimum atomic E-state index is -0.611. The third kappa shape index (κ3) is 6.14. The van der Waals surface area contributed by atoms with Crippen LogP contribution in [0, 0.1) is 5.92 Å². The summed E-state index contributed by atoms with van der Waals surface area (Å²) in [5.41, 5.74) is 0.869. The number of carbonyl (C=O) groups excluding carboxylic acids is 2. The van der Waals surface area contributed by atoms with Gasteiger partial charge in [-0.05, 0) is 13.8 Å². The predicted octanol–water partition coefficient (Wildman–Crippen LogP) is -1.07. The SMILES string of the molecule is CCOC(=O)[C-](Cc1ccccc1)C(=O)OCC.[Na+]. The summed E-state index contributed by atoms with van der Waals surface area (Å²) in [6.07, 6.45) is 0.221. The van der Waals surface area contributed by atoms with Crippen LogP contribution in [0.1, 0.15) is 19.4 Å². The molecule has 0 saturated carbocycles. The molecule has 0 saturated heterocycles. The van der Waals surface area contributed by atoms with E-state index in [4.69, 9.17) is 9.47 Å². The van der Waals surface area contributed by atoms with Crippen molar-refractivity contribution < 1.29 is 48.6 Å². The minimum Gasteiger partial charge on any atom is -0.488 e. The fourth-order valence-corrected chi connectivity index (χ4v) is 1.46. The van der Waals surface area contributed by atoms with Crippen LogP contribution in [0.25, 0.3) is 0 Å². The predicted molar refractivity (Wildman–Crippen MR) is 66.7 cm³/mol. The zero-order chi connectivity index (χ0) is 13.4. The molecule has 0 aromatic heterocycles. The molecule has 0 heterocycles. The first-order chi connectivity index (χ1) is 8.69. The fraction of sp³-hybridized carbons (Fsp3) is 0.357. The van der Waals surface area contributed by atoms with E-state index >= 15 is 0 Å². The van der Waals surface area contributed by atoms with Crippen molar-refractivity contribution in [3.63, 3.8) is 0 Å². The largest absolute Gasteiger partial charge is 1.00 e. The van der Waals surface area contributed by atoms with Gasteiger partial charge in [0.05, 0.1) is 13.2 Å². The van der Waals surface area contributed by atoms with Crippen molar-refractivity contribution >= 4 is 11.9 Å². The molecule has 1 aromatic carbocycles. The molecular formula is C14H17NaO4. The van der Waals surface area contributed by atoms with Crippen molar-refractivity contribution in [2.24, 2.45) is 0 Å². The molecule has 0 spiro atoms. The van der Waals surface area contributed by atoms with Gasteiger partial charge in [-0.3, -0.25) is 9.59 Å². The Bertz CT molecular complexity index is 374. The zero-order valence-corrected chi connectivity index (χ0v) is 13.6. The Labute approximate surface area is 135 Å². The molecule has 0 bridgehead atoms. The Morgan fingerprint density at radius 1 is 1.00 bits per heavy atom. The van der Waals surface area contributed by atoms with Gasteiger partial charge in [-0.2, -0.15) is 5.92 Å². The van der Waals surface area contributed by atoms with E-state index in [0.717, 1.165) is 5.56 Å². The Balaban J connectivity index is 0.00000324. The number of carbonyl (C=O) groups is 2. The summed E-state index contributed by atoms with van der Waals surface area (Å²) in [7, 11) is 0. The maximum absolute atomic E-state index is 11.7. The molecule has 0 radical (unpaired) electrons. The van der Waals surface area contributed by atoms with E-state index in [9.17, 15) is 9.59 Å². The molecule has 0 fully saturated rings. The first-order valence-corrected chi connectivity index (χ1v) is 5.93. The number of esters is 2. The molecule has 98 valence electrons. The van der Waals surface area contributed by atoms with Crippen molar-refractivity contribution in [2.75, 3.05) is 13.2 Å². The van der Waals surface area contributed by atoms with Crippen LogP contribution in [-0.2, 0) is 25.5 Å². The quantitative estimate of drug-likeness (QED) is 0.286. The molecule has 4 nitrogen and oxygen atoms in total. The second-order valence-corrected chi connectivity index (χ2v) is 3.58. The van der Waals surface area contributed by atoms with Gasteiger partial charge in [-0.25, -0.2) is 0 Å². The third-order valence-corrected chi connectivity index (χ3v) is 2.27. The standard InChI is InChI=1S/C14H17O4.Na/c1-3-17-13(15)12(14(16)18-4-2)10-11-8-6-5-7-9-11;/h5-9H,3-4,10H2,1-2H3;/q-1;+1. The van der Waals surface area contributed by atoms with Gasteiger partial charge in [0.25, 0.3) is 0 Å². The van der Waals surface area contributed by atoms with E-state index in [-0.39, 0.29) is 55.1 Å². The summed E-state index contributed by atoms with van der Waals surface area (Å²) in [5.74, 6) is -1.19. The van der Waals surface area contributed by atoms with Crippen LogP contribution in [0.4, 0.5) is 0 Å². The van der Waals surface area contributed by atoms with Crippen LogP contribution < -0.4 is 29.6 Å². The summed E-state index contributed by atoms with van der Waals surface area (Å²) in [5, 5.41) is 0. The molecule has 1 rings (SSSR count). The summed E-state index contributed by atoms with van der Waals surface area (Å²) >= 11 is 0. The van der Waals surface area contributed by atoms with Crippen molar-refractivity contribution in [3.8, 4) is 0 Å². The van der Waals surface area contributed by atoms with Crippen LogP contribution in [-0.4, -0.2) is 25.2 Å². The smallest absolute Gasteiger partial charge is 0.488 e. The second kappa shape index (κ2) is 9.89. The Morgan fingerprint density at radius 2 is 1.47 bits per heavy atom. The van der Waals surface area contributed by atoms with Crippen LogP contribution in [0.5, 0.6) is 0 Å². The normalized spacial score (nSPS) is 9.16. The fourth-order valence-electron chi connectivity index (χ4n) is 1.46. The molecule has 0 aliphatic carbocycles. The zero-order valence-electron chi connectivity index (χ0n) is 11.6.